The lowest BCUT2D eigenvalue weighted by Crippen LogP contribution is -2.39. The third kappa shape index (κ3) is 3.19. The zero-order chi connectivity index (χ0) is 17.3. The third-order valence-electron chi connectivity index (χ3n) is 4.33. The zero-order valence-electron chi connectivity index (χ0n) is 13.2. The molecule has 0 aliphatic carbocycles. The standard InChI is InChI=1S/C16H18FN3O3S/c1-19-14(8-9-18-19)15-7-2-3-10-20(15)16(21)12-5-4-6-13(11-12)24(17,22)23/h4-6,8-9,11,15H,2-3,7,10H2,1H3. The lowest BCUT2D eigenvalue weighted by Gasteiger charge is -2.35. The molecule has 1 fully saturated rings. The SMILES string of the molecule is Cn1nccc1C1CCCCN1C(=O)c1cccc(S(=O)(=O)F)c1. The number of aryl methyl sites for hydroxylation is 1. The summed E-state index contributed by atoms with van der Waals surface area (Å²) in [6.07, 6.45) is 4.37. The molecule has 2 aromatic rings. The van der Waals surface area contributed by atoms with Crippen LogP contribution in [-0.2, 0) is 17.3 Å². The summed E-state index contributed by atoms with van der Waals surface area (Å²) in [6.45, 7) is 0.571. The van der Waals surface area contributed by atoms with E-state index >= 15 is 0 Å². The summed E-state index contributed by atoms with van der Waals surface area (Å²) in [5, 5.41) is 4.15. The topological polar surface area (TPSA) is 72.3 Å². The van der Waals surface area contributed by atoms with E-state index in [0.717, 1.165) is 37.1 Å². The number of rotatable bonds is 3. The van der Waals surface area contributed by atoms with Crippen molar-refractivity contribution in [3.8, 4) is 0 Å². The van der Waals surface area contributed by atoms with E-state index in [1.807, 2.05) is 13.1 Å². The summed E-state index contributed by atoms with van der Waals surface area (Å²) < 4.78 is 37.1. The Morgan fingerprint density at radius 1 is 1.29 bits per heavy atom. The van der Waals surface area contributed by atoms with Gasteiger partial charge in [0.1, 0.15) is 0 Å². The number of hydrogen-bond acceptors (Lipinski definition) is 4. The Bertz CT molecular complexity index is 863. The summed E-state index contributed by atoms with van der Waals surface area (Å²) >= 11 is 0. The molecule has 3 rings (SSSR count). The van der Waals surface area contributed by atoms with Gasteiger partial charge in [-0.25, -0.2) is 0 Å². The van der Waals surface area contributed by atoms with Crippen LogP contribution >= 0.6 is 0 Å². The average Bonchev–Trinajstić information content (AvgIpc) is 2.99. The van der Waals surface area contributed by atoms with E-state index in [2.05, 4.69) is 5.10 Å². The van der Waals surface area contributed by atoms with Crippen LogP contribution in [0, 0.1) is 0 Å². The number of aromatic nitrogens is 2. The molecule has 24 heavy (non-hydrogen) atoms. The van der Waals surface area contributed by atoms with Gasteiger partial charge in [0.05, 0.1) is 16.6 Å². The van der Waals surface area contributed by atoms with E-state index < -0.39 is 15.1 Å². The first-order valence-electron chi connectivity index (χ1n) is 7.71. The fourth-order valence-corrected chi connectivity index (χ4v) is 3.65. The Balaban J connectivity index is 1.94. The molecule has 8 heteroatoms. The molecule has 0 radical (unpaired) electrons. The Morgan fingerprint density at radius 3 is 2.75 bits per heavy atom. The maximum absolute atomic E-state index is 13.2. The first-order chi connectivity index (χ1) is 11.4. The second kappa shape index (κ2) is 6.35. The van der Waals surface area contributed by atoms with Crippen LogP contribution in [-0.4, -0.2) is 35.6 Å². The summed E-state index contributed by atoms with van der Waals surface area (Å²) in [5.74, 6) is -0.300. The van der Waals surface area contributed by atoms with Gasteiger partial charge in [-0.05, 0) is 43.5 Å². The third-order valence-corrected chi connectivity index (χ3v) is 5.14. The summed E-state index contributed by atoms with van der Waals surface area (Å²) in [5.41, 5.74) is 1.10. The first kappa shape index (κ1) is 16.6. The van der Waals surface area contributed by atoms with Crippen LogP contribution < -0.4 is 0 Å². The number of nitrogens with zero attached hydrogens (tertiary/aromatic N) is 3. The maximum Gasteiger partial charge on any atom is 0.332 e. The minimum Gasteiger partial charge on any atom is -0.330 e. The van der Waals surface area contributed by atoms with Crippen molar-refractivity contribution in [3.05, 3.63) is 47.8 Å². The Kier molecular flexibility index (Phi) is 4.40. The van der Waals surface area contributed by atoms with E-state index in [1.54, 1.807) is 15.8 Å². The minimum absolute atomic E-state index is 0.121. The van der Waals surface area contributed by atoms with Crippen LogP contribution in [0.3, 0.4) is 0 Å². The molecule has 128 valence electrons. The van der Waals surface area contributed by atoms with Crippen LogP contribution in [0.4, 0.5) is 3.89 Å². The van der Waals surface area contributed by atoms with Crippen LogP contribution in [0.5, 0.6) is 0 Å². The average molecular weight is 351 g/mol. The van der Waals surface area contributed by atoms with Gasteiger partial charge in [-0.3, -0.25) is 9.48 Å². The number of amides is 1. The molecule has 0 spiro atoms. The van der Waals surface area contributed by atoms with E-state index in [4.69, 9.17) is 0 Å². The van der Waals surface area contributed by atoms with E-state index in [9.17, 15) is 17.1 Å². The largest absolute Gasteiger partial charge is 0.332 e. The normalized spacial score (nSPS) is 18.6. The first-order valence-corrected chi connectivity index (χ1v) is 9.10. The van der Waals surface area contributed by atoms with Gasteiger partial charge in [0, 0.05) is 25.4 Å². The molecule has 1 aromatic heterocycles. The van der Waals surface area contributed by atoms with Gasteiger partial charge in [-0.2, -0.15) is 13.5 Å². The smallest absolute Gasteiger partial charge is 0.330 e. The number of carbonyl (C=O) groups excluding carboxylic acids is 1. The number of piperidine rings is 1. The summed E-state index contributed by atoms with van der Waals surface area (Å²) in [7, 11) is -3.02. The molecule has 1 saturated heterocycles. The second-order valence-corrected chi connectivity index (χ2v) is 7.20. The van der Waals surface area contributed by atoms with Crippen molar-refractivity contribution >= 4 is 16.1 Å². The lowest BCUT2D eigenvalue weighted by molar-refractivity contribution is 0.0601. The molecule has 1 aliphatic rings. The van der Waals surface area contributed by atoms with Gasteiger partial charge >= 0.3 is 10.2 Å². The monoisotopic (exact) mass is 351 g/mol. The molecule has 0 N–H and O–H groups in total. The van der Waals surface area contributed by atoms with Gasteiger partial charge in [0.2, 0.25) is 0 Å². The molecule has 1 aliphatic heterocycles. The number of likely N-dealkylation sites (tertiary alicyclic amines) is 1. The van der Waals surface area contributed by atoms with E-state index in [0.29, 0.717) is 6.54 Å². The molecular formula is C16H18FN3O3S. The molecule has 1 unspecified atom stereocenters. The van der Waals surface area contributed by atoms with Crippen molar-refractivity contribution in [1.82, 2.24) is 14.7 Å². The van der Waals surface area contributed by atoms with E-state index in [-0.39, 0.29) is 17.5 Å². The molecular weight excluding hydrogens is 333 g/mol. The minimum atomic E-state index is -4.84. The van der Waals surface area contributed by atoms with Crippen molar-refractivity contribution in [2.75, 3.05) is 6.54 Å². The summed E-state index contributed by atoms with van der Waals surface area (Å²) in [6, 6.07) is 6.87. The fraction of sp³-hybridized carbons (Fsp3) is 0.375. The highest BCUT2D eigenvalue weighted by Crippen LogP contribution is 2.32. The number of halogens is 1. The molecule has 1 aromatic carbocycles. The van der Waals surface area contributed by atoms with Crippen molar-refractivity contribution in [1.29, 1.82) is 0 Å². The highest BCUT2D eigenvalue weighted by atomic mass is 32.3. The highest BCUT2D eigenvalue weighted by Gasteiger charge is 2.30. The van der Waals surface area contributed by atoms with Crippen molar-refractivity contribution in [2.24, 2.45) is 7.05 Å². The molecule has 1 atom stereocenters. The molecule has 0 saturated carbocycles. The molecule has 6 nitrogen and oxygen atoms in total. The van der Waals surface area contributed by atoms with Gasteiger partial charge < -0.3 is 4.90 Å². The Labute approximate surface area is 140 Å². The number of benzene rings is 1. The van der Waals surface area contributed by atoms with Crippen molar-refractivity contribution in [3.63, 3.8) is 0 Å². The highest BCUT2D eigenvalue weighted by molar-refractivity contribution is 7.86. The van der Waals surface area contributed by atoms with Gasteiger partial charge in [0.25, 0.3) is 5.91 Å². The predicted molar refractivity (Wildman–Crippen MR) is 85.6 cm³/mol. The quantitative estimate of drug-likeness (QED) is 0.796. The zero-order valence-corrected chi connectivity index (χ0v) is 14.0. The van der Waals surface area contributed by atoms with Crippen LogP contribution in [0.1, 0.15) is 41.4 Å². The lowest BCUT2D eigenvalue weighted by atomic mass is 9.98. The second-order valence-electron chi connectivity index (χ2n) is 5.86. The molecule has 0 bridgehead atoms. The van der Waals surface area contributed by atoms with Crippen LogP contribution in [0.15, 0.2) is 41.4 Å². The van der Waals surface area contributed by atoms with E-state index in [1.165, 1.54) is 12.1 Å². The fourth-order valence-electron chi connectivity index (χ4n) is 3.14. The Morgan fingerprint density at radius 2 is 2.08 bits per heavy atom. The maximum atomic E-state index is 13.2. The van der Waals surface area contributed by atoms with Crippen molar-refractivity contribution in [2.45, 2.75) is 30.2 Å². The summed E-state index contributed by atoms with van der Waals surface area (Å²) in [4.78, 5) is 14.1. The van der Waals surface area contributed by atoms with Gasteiger partial charge in [-0.1, -0.05) is 6.07 Å². The van der Waals surface area contributed by atoms with Crippen molar-refractivity contribution < 1.29 is 17.1 Å². The van der Waals surface area contributed by atoms with Gasteiger partial charge in [-0.15, -0.1) is 3.89 Å². The molecule has 1 amide bonds. The van der Waals surface area contributed by atoms with Crippen LogP contribution in [0.25, 0.3) is 0 Å². The van der Waals surface area contributed by atoms with Crippen LogP contribution in [0.2, 0.25) is 0 Å². The number of carbonyl (C=O) groups is 1. The Hall–Kier alpha value is -2.22. The predicted octanol–water partition coefficient (Wildman–Crippen LogP) is 2.45. The molecule has 2 heterocycles. The van der Waals surface area contributed by atoms with Gasteiger partial charge in [0.15, 0.2) is 0 Å². The number of hydrogen-bond donors (Lipinski definition) is 0.